The lowest BCUT2D eigenvalue weighted by Crippen LogP contribution is -2.04. The molecule has 2 nitrogen and oxygen atoms in total. The Morgan fingerprint density at radius 3 is 2.25 bits per heavy atom. The molecule has 0 aliphatic heterocycles. The topological polar surface area (TPSA) is 35.2 Å². The van der Waals surface area contributed by atoms with E-state index in [0.29, 0.717) is 5.69 Å². The van der Waals surface area contributed by atoms with E-state index >= 15 is 0 Å². The molecule has 2 heteroatoms. The molecule has 2 aromatic rings. The van der Waals surface area contributed by atoms with Crippen LogP contribution in [0.3, 0.4) is 0 Å². The second kappa shape index (κ2) is 4.71. The number of hydrogen-bond donors (Lipinski definition) is 1. The van der Waals surface area contributed by atoms with Gasteiger partial charge < -0.3 is 10.5 Å². The molecule has 0 saturated heterocycles. The lowest BCUT2D eigenvalue weighted by Gasteiger charge is -2.16. The van der Waals surface area contributed by atoms with Crippen LogP contribution in [0.5, 0.6) is 5.75 Å². The number of nitrogen functional groups attached to an aromatic ring is 1. The maximum atomic E-state index is 5.82. The number of benzene rings is 2. The zero-order valence-electron chi connectivity index (χ0n) is 9.26. The fourth-order valence-electron chi connectivity index (χ4n) is 1.57. The van der Waals surface area contributed by atoms with E-state index in [9.17, 15) is 0 Å². The summed E-state index contributed by atoms with van der Waals surface area (Å²) in [7, 11) is 0. The van der Waals surface area contributed by atoms with Crippen LogP contribution < -0.4 is 10.5 Å². The Hall–Kier alpha value is -1.96. The van der Waals surface area contributed by atoms with Gasteiger partial charge in [0, 0.05) is 0 Å². The summed E-state index contributed by atoms with van der Waals surface area (Å²) >= 11 is 0. The highest BCUT2D eigenvalue weighted by Gasteiger charge is 2.07. The molecule has 2 rings (SSSR count). The summed E-state index contributed by atoms with van der Waals surface area (Å²) in [6, 6.07) is 17.6. The normalized spacial score (nSPS) is 12.1. The molecule has 0 heterocycles. The first kappa shape index (κ1) is 10.6. The van der Waals surface area contributed by atoms with Crippen LogP contribution in [0.2, 0.25) is 0 Å². The molecule has 16 heavy (non-hydrogen) atoms. The molecule has 0 spiro atoms. The van der Waals surface area contributed by atoms with Crippen molar-refractivity contribution in [2.45, 2.75) is 13.0 Å². The van der Waals surface area contributed by atoms with Gasteiger partial charge in [-0.25, -0.2) is 0 Å². The molecule has 82 valence electrons. The van der Waals surface area contributed by atoms with E-state index in [0.717, 1.165) is 11.3 Å². The highest BCUT2D eigenvalue weighted by atomic mass is 16.5. The van der Waals surface area contributed by atoms with Crippen molar-refractivity contribution in [3.05, 3.63) is 60.2 Å². The molecular formula is C14H15NO. The number of rotatable bonds is 3. The van der Waals surface area contributed by atoms with E-state index in [1.54, 1.807) is 0 Å². The highest BCUT2D eigenvalue weighted by molar-refractivity contribution is 5.52. The Morgan fingerprint density at radius 1 is 0.938 bits per heavy atom. The third-order valence-electron chi connectivity index (χ3n) is 2.49. The van der Waals surface area contributed by atoms with E-state index in [-0.39, 0.29) is 6.10 Å². The van der Waals surface area contributed by atoms with E-state index in [2.05, 4.69) is 0 Å². The third-order valence-corrected chi connectivity index (χ3v) is 2.49. The fraction of sp³-hybridized carbons (Fsp3) is 0.143. The van der Waals surface area contributed by atoms with Crippen molar-refractivity contribution in [2.75, 3.05) is 5.73 Å². The largest absolute Gasteiger partial charge is 0.484 e. The van der Waals surface area contributed by atoms with Crippen LogP contribution in [0.4, 0.5) is 5.69 Å². The minimum absolute atomic E-state index is 0.00546. The van der Waals surface area contributed by atoms with Crippen molar-refractivity contribution in [3.8, 4) is 5.75 Å². The summed E-state index contributed by atoms with van der Waals surface area (Å²) in [4.78, 5) is 0. The number of nitrogens with two attached hydrogens (primary N) is 1. The van der Waals surface area contributed by atoms with Crippen LogP contribution >= 0.6 is 0 Å². The summed E-state index contributed by atoms with van der Waals surface area (Å²) in [6.45, 7) is 2.02. The molecule has 0 unspecified atom stereocenters. The van der Waals surface area contributed by atoms with E-state index in [1.165, 1.54) is 0 Å². The SMILES string of the molecule is C[C@@H](Oc1ccccc1N)c1ccccc1. The van der Waals surface area contributed by atoms with E-state index in [4.69, 9.17) is 10.5 Å². The number of hydrogen-bond acceptors (Lipinski definition) is 2. The van der Waals surface area contributed by atoms with Gasteiger partial charge in [-0.2, -0.15) is 0 Å². The van der Waals surface area contributed by atoms with Gasteiger partial charge >= 0.3 is 0 Å². The third kappa shape index (κ3) is 2.34. The van der Waals surface area contributed by atoms with Crippen molar-refractivity contribution in [2.24, 2.45) is 0 Å². The van der Waals surface area contributed by atoms with E-state index < -0.39 is 0 Å². The standard InChI is InChI=1S/C14H15NO/c1-11(12-7-3-2-4-8-12)16-14-10-6-5-9-13(14)15/h2-11H,15H2,1H3/t11-/m1/s1. The number of ether oxygens (including phenoxy) is 1. The summed E-state index contributed by atoms with van der Waals surface area (Å²) in [5.74, 6) is 0.735. The summed E-state index contributed by atoms with van der Waals surface area (Å²) in [6.07, 6.45) is 0.00546. The Balaban J connectivity index is 2.14. The van der Waals surface area contributed by atoms with Crippen LogP contribution in [0, 0.1) is 0 Å². The minimum atomic E-state index is 0.00546. The maximum absolute atomic E-state index is 5.82. The Bertz CT molecular complexity index is 453. The second-order valence-electron chi connectivity index (χ2n) is 3.71. The van der Waals surface area contributed by atoms with Crippen LogP contribution in [-0.4, -0.2) is 0 Å². The average Bonchev–Trinajstić information content (AvgIpc) is 2.33. The van der Waals surface area contributed by atoms with Gasteiger partial charge in [-0.1, -0.05) is 42.5 Å². The highest BCUT2D eigenvalue weighted by Crippen LogP contribution is 2.26. The predicted molar refractivity (Wildman–Crippen MR) is 66.3 cm³/mol. The molecule has 0 fully saturated rings. The first-order valence-corrected chi connectivity index (χ1v) is 5.33. The van der Waals surface area contributed by atoms with Crippen molar-refractivity contribution in [1.29, 1.82) is 0 Å². The van der Waals surface area contributed by atoms with Gasteiger partial charge in [0.25, 0.3) is 0 Å². The number of anilines is 1. The quantitative estimate of drug-likeness (QED) is 0.793. The minimum Gasteiger partial charge on any atom is -0.484 e. The zero-order valence-corrected chi connectivity index (χ0v) is 9.26. The second-order valence-corrected chi connectivity index (χ2v) is 3.71. The predicted octanol–water partition coefficient (Wildman–Crippen LogP) is 3.41. The molecule has 2 N–H and O–H groups in total. The van der Waals surface area contributed by atoms with Crippen LogP contribution in [0.25, 0.3) is 0 Å². The van der Waals surface area contributed by atoms with Crippen molar-refractivity contribution in [3.63, 3.8) is 0 Å². The summed E-state index contributed by atoms with van der Waals surface area (Å²) in [5, 5.41) is 0. The molecule has 0 bridgehead atoms. The average molecular weight is 213 g/mol. The smallest absolute Gasteiger partial charge is 0.143 e. The Labute approximate surface area is 95.7 Å². The van der Waals surface area contributed by atoms with Crippen molar-refractivity contribution < 1.29 is 4.74 Å². The molecule has 0 aliphatic carbocycles. The van der Waals surface area contributed by atoms with Gasteiger partial charge in [0.2, 0.25) is 0 Å². The molecule has 2 aromatic carbocycles. The molecule has 0 aromatic heterocycles. The van der Waals surface area contributed by atoms with Crippen LogP contribution in [-0.2, 0) is 0 Å². The molecule has 0 aliphatic rings. The number of para-hydroxylation sites is 2. The first-order valence-electron chi connectivity index (χ1n) is 5.33. The fourth-order valence-corrected chi connectivity index (χ4v) is 1.57. The lowest BCUT2D eigenvalue weighted by atomic mass is 10.1. The monoisotopic (exact) mass is 213 g/mol. The zero-order chi connectivity index (χ0) is 11.4. The first-order chi connectivity index (χ1) is 7.77. The maximum Gasteiger partial charge on any atom is 0.143 e. The molecular weight excluding hydrogens is 198 g/mol. The van der Waals surface area contributed by atoms with Crippen molar-refractivity contribution in [1.82, 2.24) is 0 Å². The van der Waals surface area contributed by atoms with Gasteiger partial charge in [-0.15, -0.1) is 0 Å². The molecule has 0 saturated carbocycles. The van der Waals surface area contributed by atoms with Crippen LogP contribution in [0.15, 0.2) is 54.6 Å². The van der Waals surface area contributed by atoms with Crippen LogP contribution in [0.1, 0.15) is 18.6 Å². The lowest BCUT2D eigenvalue weighted by molar-refractivity contribution is 0.228. The molecule has 0 amide bonds. The van der Waals surface area contributed by atoms with Gasteiger partial charge in [-0.05, 0) is 24.6 Å². The van der Waals surface area contributed by atoms with Gasteiger partial charge in [0.1, 0.15) is 11.9 Å². The van der Waals surface area contributed by atoms with Gasteiger partial charge in [0.05, 0.1) is 5.69 Å². The summed E-state index contributed by atoms with van der Waals surface area (Å²) < 4.78 is 5.81. The Morgan fingerprint density at radius 2 is 1.56 bits per heavy atom. The molecule has 0 radical (unpaired) electrons. The van der Waals surface area contributed by atoms with Gasteiger partial charge in [0.15, 0.2) is 0 Å². The van der Waals surface area contributed by atoms with Crippen molar-refractivity contribution >= 4 is 5.69 Å². The molecule has 1 atom stereocenters. The summed E-state index contributed by atoms with van der Waals surface area (Å²) in [5.41, 5.74) is 7.64. The Kier molecular flexibility index (Phi) is 3.10. The van der Waals surface area contributed by atoms with E-state index in [1.807, 2.05) is 61.5 Å². The van der Waals surface area contributed by atoms with Gasteiger partial charge in [-0.3, -0.25) is 0 Å².